The molecule has 0 fully saturated rings. The summed E-state index contributed by atoms with van der Waals surface area (Å²) in [4.78, 5) is 0. The van der Waals surface area contributed by atoms with Gasteiger partial charge in [0.1, 0.15) is 5.75 Å². The maximum absolute atomic E-state index is 5.60. The molecule has 17 heavy (non-hydrogen) atoms. The fraction of sp³-hybridized carbons (Fsp3) is 0.500. The predicted molar refractivity (Wildman–Crippen MR) is 73.4 cm³/mol. The molecule has 0 aliphatic carbocycles. The molecule has 1 unspecified atom stereocenters. The van der Waals surface area contributed by atoms with Gasteiger partial charge in [-0.1, -0.05) is 13.0 Å². The van der Waals surface area contributed by atoms with Crippen LogP contribution in [0.1, 0.15) is 37.5 Å². The fourth-order valence-corrected chi connectivity index (χ4v) is 2.01. The summed E-state index contributed by atoms with van der Waals surface area (Å²) in [5, 5.41) is 0. The van der Waals surface area contributed by atoms with Crippen molar-refractivity contribution < 1.29 is 4.74 Å². The highest BCUT2D eigenvalue weighted by Gasteiger charge is 2.07. The van der Waals surface area contributed by atoms with Crippen molar-refractivity contribution in [3.05, 3.63) is 28.8 Å². The summed E-state index contributed by atoms with van der Waals surface area (Å²) in [6.45, 7) is 11.0. The minimum Gasteiger partial charge on any atom is -0.494 e. The molecule has 0 heterocycles. The molecular formula is C16H22O. The highest BCUT2D eigenvalue weighted by Crippen LogP contribution is 2.24. The number of hydrogen-bond donors (Lipinski definition) is 0. The summed E-state index contributed by atoms with van der Waals surface area (Å²) in [5.41, 5.74) is 3.88. The SMILES string of the molecule is CC#CC(C)Cc1cc(C)c(OCC)cc1C. The van der Waals surface area contributed by atoms with Crippen molar-refractivity contribution in [1.29, 1.82) is 0 Å². The Morgan fingerprint density at radius 2 is 1.94 bits per heavy atom. The summed E-state index contributed by atoms with van der Waals surface area (Å²) >= 11 is 0. The first-order chi connectivity index (χ1) is 8.08. The molecule has 0 saturated carbocycles. The second kappa shape index (κ2) is 6.35. The zero-order valence-corrected chi connectivity index (χ0v) is 11.6. The average molecular weight is 230 g/mol. The van der Waals surface area contributed by atoms with Crippen LogP contribution in [0.25, 0.3) is 0 Å². The van der Waals surface area contributed by atoms with Crippen LogP contribution in [0.5, 0.6) is 5.75 Å². The maximum atomic E-state index is 5.60. The van der Waals surface area contributed by atoms with Crippen LogP contribution in [-0.2, 0) is 6.42 Å². The van der Waals surface area contributed by atoms with Gasteiger partial charge < -0.3 is 4.74 Å². The molecule has 1 heteroatoms. The lowest BCUT2D eigenvalue weighted by Crippen LogP contribution is -2.01. The Bertz CT molecular complexity index is 435. The molecule has 0 amide bonds. The van der Waals surface area contributed by atoms with Crippen molar-refractivity contribution in [3.63, 3.8) is 0 Å². The molecule has 1 nitrogen and oxygen atoms in total. The molecular weight excluding hydrogens is 208 g/mol. The van der Waals surface area contributed by atoms with Crippen molar-refractivity contribution in [2.24, 2.45) is 5.92 Å². The Balaban J connectivity index is 2.93. The molecule has 0 radical (unpaired) electrons. The maximum Gasteiger partial charge on any atom is 0.122 e. The van der Waals surface area contributed by atoms with Crippen molar-refractivity contribution >= 4 is 0 Å². The second-order valence-electron chi connectivity index (χ2n) is 4.48. The number of rotatable bonds is 4. The first kappa shape index (κ1) is 13.6. The van der Waals surface area contributed by atoms with Gasteiger partial charge in [0.2, 0.25) is 0 Å². The van der Waals surface area contributed by atoms with Gasteiger partial charge in [0.15, 0.2) is 0 Å². The third-order valence-corrected chi connectivity index (χ3v) is 2.85. The smallest absolute Gasteiger partial charge is 0.122 e. The van der Waals surface area contributed by atoms with Crippen LogP contribution >= 0.6 is 0 Å². The van der Waals surface area contributed by atoms with Gasteiger partial charge in [-0.05, 0) is 56.9 Å². The summed E-state index contributed by atoms with van der Waals surface area (Å²) in [6, 6.07) is 4.37. The fourth-order valence-electron chi connectivity index (χ4n) is 2.01. The Morgan fingerprint density at radius 3 is 2.53 bits per heavy atom. The van der Waals surface area contributed by atoms with E-state index in [1.54, 1.807) is 0 Å². The second-order valence-corrected chi connectivity index (χ2v) is 4.48. The lowest BCUT2D eigenvalue weighted by molar-refractivity contribution is 0.337. The van der Waals surface area contributed by atoms with Gasteiger partial charge in [0.25, 0.3) is 0 Å². The molecule has 1 aromatic rings. The van der Waals surface area contributed by atoms with Gasteiger partial charge in [0, 0.05) is 5.92 Å². The van der Waals surface area contributed by atoms with Crippen LogP contribution in [0.3, 0.4) is 0 Å². The van der Waals surface area contributed by atoms with E-state index in [2.05, 4.69) is 44.7 Å². The van der Waals surface area contributed by atoms with Crippen molar-refractivity contribution in [2.75, 3.05) is 6.61 Å². The topological polar surface area (TPSA) is 9.23 Å². The molecule has 0 bridgehead atoms. The van der Waals surface area contributed by atoms with Crippen molar-refractivity contribution in [1.82, 2.24) is 0 Å². The largest absolute Gasteiger partial charge is 0.494 e. The van der Waals surface area contributed by atoms with Crippen LogP contribution in [0.4, 0.5) is 0 Å². The van der Waals surface area contributed by atoms with E-state index in [9.17, 15) is 0 Å². The molecule has 92 valence electrons. The molecule has 1 atom stereocenters. The third-order valence-electron chi connectivity index (χ3n) is 2.85. The highest BCUT2D eigenvalue weighted by atomic mass is 16.5. The van der Waals surface area contributed by atoms with Crippen LogP contribution in [0, 0.1) is 31.6 Å². The number of ether oxygens (including phenoxy) is 1. The number of hydrogen-bond acceptors (Lipinski definition) is 1. The van der Waals surface area contributed by atoms with Gasteiger partial charge >= 0.3 is 0 Å². The lowest BCUT2D eigenvalue weighted by Gasteiger charge is -2.13. The van der Waals surface area contributed by atoms with E-state index in [4.69, 9.17) is 4.74 Å². The normalized spacial score (nSPS) is 11.6. The Morgan fingerprint density at radius 1 is 1.24 bits per heavy atom. The molecule has 0 spiro atoms. The van der Waals surface area contributed by atoms with E-state index >= 15 is 0 Å². The van der Waals surface area contributed by atoms with Crippen LogP contribution in [0.2, 0.25) is 0 Å². The van der Waals surface area contributed by atoms with Gasteiger partial charge in [-0.25, -0.2) is 0 Å². The molecule has 1 rings (SSSR count). The van der Waals surface area contributed by atoms with E-state index in [0.29, 0.717) is 5.92 Å². The van der Waals surface area contributed by atoms with Gasteiger partial charge in [-0.15, -0.1) is 11.8 Å². The molecule has 0 N–H and O–H groups in total. The highest BCUT2D eigenvalue weighted by molar-refractivity contribution is 5.42. The monoisotopic (exact) mass is 230 g/mol. The number of aryl methyl sites for hydroxylation is 2. The molecule has 0 aromatic heterocycles. The standard InChI is InChI=1S/C16H22O/c1-6-8-12(3)9-15-10-14(5)16(17-7-2)11-13(15)4/h10-12H,7,9H2,1-5H3. The minimum absolute atomic E-state index is 0.413. The molecule has 0 aliphatic rings. The van der Waals surface area contributed by atoms with E-state index in [1.165, 1.54) is 16.7 Å². The minimum atomic E-state index is 0.413. The molecule has 0 aliphatic heterocycles. The van der Waals surface area contributed by atoms with E-state index < -0.39 is 0 Å². The first-order valence-electron chi connectivity index (χ1n) is 6.23. The van der Waals surface area contributed by atoms with Crippen molar-refractivity contribution in [3.8, 4) is 17.6 Å². The lowest BCUT2D eigenvalue weighted by atomic mass is 9.95. The Labute approximate surface area is 105 Å². The van der Waals surface area contributed by atoms with Gasteiger partial charge in [-0.2, -0.15) is 0 Å². The van der Waals surface area contributed by atoms with Crippen molar-refractivity contribution in [2.45, 2.75) is 41.0 Å². The summed E-state index contributed by atoms with van der Waals surface area (Å²) in [6.07, 6.45) is 1.01. The summed E-state index contributed by atoms with van der Waals surface area (Å²) in [5.74, 6) is 7.59. The van der Waals surface area contributed by atoms with Crippen LogP contribution in [-0.4, -0.2) is 6.61 Å². The Kier molecular flexibility index (Phi) is 5.10. The van der Waals surface area contributed by atoms with Crippen LogP contribution < -0.4 is 4.74 Å². The summed E-state index contributed by atoms with van der Waals surface area (Å²) < 4.78 is 5.60. The zero-order chi connectivity index (χ0) is 12.8. The van der Waals surface area contributed by atoms with E-state index in [0.717, 1.165) is 18.8 Å². The average Bonchev–Trinajstić information content (AvgIpc) is 2.26. The molecule has 0 saturated heterocycles. The first-order valence-corrected chi connectivity index (χ1v) is 6.23. The van der Waals surface area contributed by atoms with Gasteiger partial charge in [0.05, 0.1) is 6.61 Å². The van der Waals surface area contributed by atoms with E-state index in [1.807, 2.05) is 13.8 Å². The Hall–Kier alpha value is -1.42. The number of benzene rings is 1. The predicted octanol–water partition coefficient (Wildman–Crippen LogP) is 3.90. The third kappa shape index (κ3) is 3.82. The molecule has 1 aromatic carbocycles. The van der Waals surface area contributed by atoms with Crippen LogP contribution in [0.15, 0.2) is 12.1 Å². The summed E-state index contributed by atoms with van der Waals surface area (Å²) in [7, 11) is 0. The van der Waals surface area contributed by atoms with Gasteiger partial charge in [-0.3, -0.25) is 0 Å². The quantitative estimate of drug-likeness (QED) is 0.713. The van der Waals surface area contributed by atoms with E-state index in [-0.39, 0.29) is 0 Å². The zero-order valence-electron chi connectivity index (χ0n) is 11.6.